The second kappa shape index (κ2) is 6.62. The zero-order valence-electron chi connectivity index (χ0n) is 11.5. The van der Waals surface area contributed by atoms with Gasteiger partial charge in [0.05, 0.1) is 0 Å². The van der Waals surface area contributed by atoms with Gasteiger partial charge in [-0.25, -0.2) is 0 Å². The Morgan fingerprint density at radius 1 is 0.875 bits per heavy atom. The van der Waals surface area contributed by atoms with E-state index in [4.69, 9.17) is 0 Å². The SMILES string of the molecule is CCCC[B-]1(CCCC)NC(C)NC(C)N1. The minimum absolute atomic E-state index is 0.435. The van der Waals surface area contributed by atoms with E-state index < -0.39 is 6.42 Å². The molecule has 1 aliphatic rings. The van der Waals surface area contributed by atoms with Gasteiger partial charge in [-0.2, -0.15) is 0 Å². The van der Waals surface area contributed by atoms with Crippen LogP contribution in [0.5, 0.6) is 0 Å². The first-order chi connectivity index (χ1) is 7.62. The summed E-state index contributed by atoms with van der Waals surface area (Å²) in [6.07, 6.45) is 8.14. The van der Waals surface area contributed by atoms with Crippen molar-refractivity contribution in [2.24, 2.45) is 0 Å². The second-order valence-electron chi connectivity index (χ2n) is 5.48. The summed E-state index contributed by atoms with van der Waals surface area (Å²) in [5.41, 5.74) is 0. The van der Waals surface area contributed by atoms with E-state index in [1.54, 1.807) is 0 Å². The van der Waals surface area contributed by atoms with Crippen molar-refractivity contribution in [3.63, 3.8) is 0 Å². The molecule has 0 saturated carbocycles. The van der Waals surface area contributed by atoms with Gasteiger partial charge in [-0.15, -0.1) is 12.6 Å². The van der Waals surface area contributed by atoms with E-state index in [-0.39, 0.29) is 0 Å². The number of rotatable bonds is 6. The summed E-state index contributed by atoms with van der Waals surface area (Å²) >= 11 is 0. The van der Waals surface area contributed by atoms with Gasteiger partial charge in [-0.05, 0) is 13.8 Å². The zero-order chi connectivity index (χ0) is 12.0. The first kappa shape index (κ1) is 14.0. The summed E-state index contributed by atoms with van der Waals surface area (Å²) < 4.78 is 0. The predicted octanol–water partition coefficient (Wildman–Crippen LogP) is 2.50. The van der Waals surface area contributed by atoms with Gasteiger partial charge >= 0.3 is 0 Å². The van der Waals surface area contributed by atoms with Gasteiger partial charge in [0.25, 0.3) is 0 Å². The number of nitrogens with one attached hydrogen (secondary N) is 3. The summed E-state index contributed by atoms with van der Waals surface area (Å²) in [5.74, 6) is 0. The fraction of sp³-hybridized carbons (Fsp3) is 1.00. The van der Waals surface area contributed by atoms with Crippen molar-refractivity contribution in [3.8, 4) is 0 Å². The van der Waals surface area contributed by atoms with E-state index in [2.05, 4.69) is 43.5 Å². The molecular weight excluding hydrogens is 197 g/mol. The molecule has 2 atom stereocenters. The Kier molecular flexibility index (Phi) is 5.80. The Bertz CT molecular complexity index is 179. The summed E-state index contributed by atoms with van der Waals surface area (Å²) in [7, 11) is 0. The van der Waals surface area contributed by atoms with Crippen LogP contribution in [0.15, 0.2) is 0 Å². The molecule has 1 aliphatic heterocycles. The first-order valence-electron chi connectivity index (χ1n) is 7.12. The van der Waals surface area contributed by atoms with Gasteiger partial charge in [0, 0.05) is 12.3 Å². The number of unbranched alkanes of at least 4 members (excludes halogenated alkanes) is 2. The highest BCUT2D eigenvalue weighted by Gasteiger charge is 2.30. The fourth-order valence-corrected chi connectivity index (χ4v) is 3.06. The van der Waals surface area contributed by atoms with E-state index >= 15 is 0 Å². The molecule has 2 unspecified atom stereocenters. The Morgan fingerprint density at radius 3 is 1.69 bits per heavy atom. The molecule has 0 aliphatic carbocycles. The molecular formula is C12H29BN3-. The van der Waals surface area contributed by atoms with Crippen molar-refractivity contribution >= 4 is 6.42 Å². The highest BCUT2D eigenvalue weighted by molar-refractivity contribution is 6.75. The van der Waals surface area contributed by atoms with E-state index in [0.29, 0.717) is 12.3 Å². The molecule has 1 fully saturated rings. The van der Waals surface area contributed by atoms with Crippen LogP contribution in [-0.2, 0) is 0 Å². The largest absolute Gasteiger partial charge is 0.461 e. The summed E-state index contributed by atoms with van der Waals surface area (Å²) in [6, 6.07) is 0. The molecule has 16 heavy (non-hydrogen) atoms. The van der Waals surface area contributed by atoms with Crippen molar-refractivity contribution in [2.45, 2.75) is 78.4 Å². The van der Waals surface area contributed by atoms with Crippen LogP contribution in [0.2, 0.25) is 12.6 Å². The number of hydrogen-bond acceptors (Lipinski definition) is 3. The van der Waals surface area contributed by atoms with Gasteiger partial charge in [0.1, 0.15) is 6.42 Å². The van der Waals surface area contributed by atoms with Crippen molar-refractivity contribution in [1.29, 1.82) is 0 Å². The van der Waals surface area contributed by atoms with Gasteiger partial charge < -0.3 is 10.5 Å². The molecule has 0 aromatic rings. The standard InChI is InChI=1S/C12H29BN3/c1-5-7-9-13(10-8-6-2)15-11(3)14-12(4)16-13/h11-12,14-16H,5-10H2,1-4H3/q-1. The lowest BCUT2D eigenvalue weighted by Gasteiger charge is -2.52. The lowest BCUT2D eigenvalue weighted by atomic mass is 9.39. The van der Waals surface area contributed by atoms with Crippen LogP contribution in [0, 0.1) is 0 Å². The molecule has 3 nitrogen and oxygen atoms in total. The Labute approximate surface area is 101 Å². The van der Waals surface area contributed by atoms with E-state index in [9.17, 15) is 0 Å². The summed E-state index contributed by atoms with van der Waals surface area (Å²) in [6.45, 7) is 9.01. The van der Waals surface area contributed by atoms with Gasteiger partial charge in [0.15, 0.2) is 0 Å². The maximum absolute atomic E-state index is 3.77. The maximum Gasteiger partial charge on any atom is 0.126 e. The smallest absolute Gasteiger partial charge is 0.126 e. The molecule has 4 heteroatoms. The van der Waals surface area contributed by atoms with E-state index in [0.717, 1.165) is 0 Å². The molecule has 0 radical (unpaired) electrons. The van der Waals surface area contributed by atoms with Crippen LogP contribution < -0.4 is 15.8 Å². The summed E-state index contributed by atoms with van der Waals surface area (Å²) in [4.78, 5) is 0. The van der Waals surface area contributed by atoms with Crippen LogP contribution in [0.1, 0.15) is 53.4 Å². The molecule has 3 N–H and O–H groups in total. The summed E-state index contributed by atoms with van der Waals surface area (Å²) in [5, 5.41) is 11.0. The topological polar surface area (TPSA) is 36.1 Å². The molecule has 0 amide bonds. The maximum atomic E-state index is 3.77. The monoisotopic (exact) mass is 226 g/mol. The lowest BCUT2D eigenvalue weighted by Crippen LogP contribution is -2.76. The molecule has 1 heterocycles. The quantitative estimate of drug-likeness (QED) is 0.609. The molecule has 0 aromatic heterocycles. The van der Waals surface area contributed by atoms with E-state index in [1.165, 1.54) is 38.3 Å². The molecule has 0 spiro atoms. The molecule has 0 aromatic carbocycles. The van der Waals surface area contributed by atoms with Gasteiger partial charge in [0.2, 0.25) is 0 Å². The minimum atomic E-state index is -0.546. The minimum Gasteiger partial charge on any atom is -0.461 e. The third-order valence-corrected chi connectivity index (χ3v) is 3.74. The average molecular weight is 226 g/mol. The molecule has 96 valence electrons. The lowest BCUT2D eigenvalue weighted by molar-refractivity contribution is 0.383. The van der Waals surface area contributed by atoms with Crippen molar-refractivity contribution in [1.82, 2.24) is 15.8 Å². The third-order valence-electron chi connectivity index (χ3n) is 3.74. The first-order valence-corrected chi connectivity index (χ1v) is 7.12. The van der Waals surface area contributed by atoms with E-state index in [1.807, 2.05) is 0 Å². The van der Waals surface area contributed by atoms with Crippen LogP contribution in [0.25, 0.3) is 0 Å². The second-order valence-corrected chi connectivity index (χ2v) is 5.48. The third kappa shape index (κ3) is 4.08. The van der Waals surface area contributed by atoms with Crippen molar-refractivity contribution < 1.29 is 0 Å². The van der Waals surface area contributed by atoms with Crippen LogP contribution >= 0.6 is 0 Å². The Balaban J connectivity index is 2.60. The zero-order valence-corrected chi connectivity index (χ0v) is 11.5. The molecule has 1 rings (SSSR count). The normalized spacial score (nSPS) is 29.2. The molecule has 1 saturated heterocycles. The fourth-order valence-electron chi connectivity index (χ4n) is 3.06. The van der Waals surface area contributed by atoms with Crippen molar-refractivity contribution in [3.05, 3.63) is 0 Å². The van der Waals surface area contributed by atoms with Crippen LogP contribution in [0.4, 0.5) is 0 Å². The number of hydrogen-bond donors (Lipinski definition) is 3. The average Bonchev–Trinajstić information content (AvgIpc) is 2.22. The van der Waals surface area contributed by atoms with Crippen LogP contribution in [-0.4, -0.2) is 18.7 Å². The van der Waals surface area contributed by atoms with Gasteiger partial charge in [-0.3, -0.25) is 5.32 Å². The molecule has 0 bridgehead atoms. The van der Waals surface area contributed by atoms with Crippen LogP contribution in [0.3, 0.4) is 0 Å². The highest BCUT2D eigenvalue weighted by Crippen LogP contribution is 2.19. The van der Waals surface area contributed by atoms with Gasteiger partial charge in [-0.1, -0.05) is 39.5 Å². The van der Waals surface area contributed by atoms with Crippen molar-refractivity contribution in [2.75, 3.05) is 0 Å². The highest BCUT2D eigenvalue weighted by atomic mass is 15.3. The Morgan fingerprint density at radius 2 is 1.31 bits per heavy atom. The Hall–Kier alpha value is -0.0551. The predicted molar refractivity (Wildman–Crippen MR) is 73.5 cm³/mol.